The van der Waals surface area contributed by atoms with Crippen LogP contribution in [0.5, 0.6) is 0 Å². The molecule has 16 heteroatoms. The van der Waals surface area contributed by atoms with E-state index in [1.165, 1.54) is 0 Å². The number of rotatable bonds is 4. The summed E-state index contributed by atoms with van der Waals surface area (Å²) in [6.45, 7) is -1.98. The molecule has 37 heavy (non-hydrogen) atoms. The number of hydrogen-bond acceptors (Lipinski definition) is 6. The highest BCUT2D eigenvalue weighted by Crippen LogP contribution is 2.46. The molecule has 1 aliphatic rings. The van der Waals surface area contributed by atoms with Gasteiger partial charge >= 0.3 is 11.8 Å². The maximum atomic E-state index is 14.8. The lowest BCUT2D eigenvalue weighted by Crippen LogP contribution is -2.53. The van der Waals surface area contributed by atoms with E-state index in [0.717, 1.165) is 0 Å². The summed E-state index contributed by atoms with van der Waals surface area (Å²) in [6, 6.07) is 0. The van der Waals surface area contributed by atoms with E-state index in [1.54, 1.807) is 0 Å². The third-order valence-electron chi connectivity index (χ3n) is 4.93. The lowest BCUT2D eigenvalue weighted by atomic mass is 9.95. The molecule has 1 aliphatic heterocycles. The lowest BCUT2D eigenvalue weighted by molar-refractivity contribution is -0.247. The van der Waals surface area contributed by atoms with Gasteiger partial charge in [0.05, 0.1) is 72.7 Å². The van der Waals surface area contributed by atoms with Crippen LogP contribution in [0.25, 0.3) is 0 Å². The van der Waals surface area contributed by atoms with Crippen molar-refractivity contribution in [2.24, 2.45) is 0 Å². The third kappa shape index (κ3) is 8.13. The fourth-order valence-electron chi connectivity index (χ4n) is 3.02. The number of alkyl halides is 5. The summed E-state index contributed by atoms with van der Waals surface area (Å²) in [5, 5.41) is 0. The van der Waals surface area contributed by atoms with Crippen molar-refractivity contribution in [1.29, 1.82) is 0 Å². The molecule has 0 aliphatic carbocycles. The van der Waals surface area contributed by atoms with Crippen LogP contribution in [0.15, 0.2) is 0 Å². The molecule has 1 heterocycles. The Morgan fingerprint density at radius 3 is 1.32 bits per heavy atom. The molecule has 0 radical (unpaired) electrons. The Labute approximate surface area is 204 Å². The Kier molecular flexibility index (Phi) is 12.3. The highest BCUT2D eigenvalue weighted by molar-refractivity contribution is 5.29. The lowest BCUT2D eigenvalue weighted by Gasteiger charge is -2.33. The van der Waals surface area contributed by atoms with Crippen molar-refractivity contribution in [2.45, 2.75) is 24.1 Å². The molecule has 2 atom stereocenters. The molecule has 2 rings (SSSR count). The summed E-state index contributed by atoms with van der Waals surface area (Å²) in [6.07, 6.45) is -7.57. The summed E-state index contributed by atoms with van der Waals surface area (Å²) in [4.78, 5) is 0. The highest BCUT2D eigenvalue weighted by Gasteiger charge is 2.63. The largest absolute Gasteiger partial charge is 0.377 e. The predicted octanol–water partition coefficient (Wildman–Crippen LogP) is 3.93. The number of benzene rings is 1. The van der Waals surface area contributed by atoms with Gasteiger partial charge in [0, 0.05) is 0 Å². The van der Waals surface area contributed by atoms with Crippen molar-refractivity contribution in [3.05, 3.63) is 34.6 Å². The van der Waals surface area contributed by atoms with Crippen molar-refractivity contribution in [3.8, 4) is 0 Å². The summed E-state index contributed by atoms with van der Waals surface area (Å²) >= 11 is 0. The van der Waals surface area contributed by atoms with E-state index in [4.69, 9.17) is 28.4 Å². The molecule has 0 N–H and O–H groups in total. The minimum absolute atomic E-state index is 0.0198. The summed E-state index contributed by atoms with van der Waals surface area (Å²) in [5.74, 6) is -26.0. The predicted molar refractivity (Wildman–Crippen MR) is 104 cm³/mol. The second-order valence-electron chi connectivity index (χ2n) is 7.49. The molecule has 1 aromatic rings. The zero-order valence-electron chi connectivity index (χ0n) is 19.2. The van der Waals surface area contributed by atoms with Gasteiger partial charge < -0.3 is 28.4 Å². The van der Waals surface area contributed by atoms with E-state index >= 15 is 0 Å². The van der Waals surface area contributed by atoms with Crippen LogP contribution in [0.1, 0.15) is 5.56 Å². The summed E-state index contributed by atoms with van der Waals surface area (Å²) in [5.41, 5.74) is -3.05. The highest BCUT2D eigenvalue weighted by atomic mass is 19.3. The molecule has 214 valence electrons. The zero-order chi connectivity index (χ0) is 27.6. The monoisotopic (exact) mass is 562 g/mol. The molecular formula is C21H24F10O6. The van der Waals surface area contributed by atoms with Crippen molar-refractivity contribution in [2.75, 3.05) is 72.7 Å². The molecule has 2 unspecified atom stereocenters. The quantitative estimate of drug-likeness (QED) is 0.315. The summed E-state index contributed by atoms with van der Waals surface area (Å²) in [7, 11) is 0. The molecule has 1 aromatic carbocycles. The van der Waals surface area contributed by atoms with Crippen LogP contribution < -0.4 is 0 Å². The van der Waals surface area contributed by atoms with Crippen LogP contribution >= 0.6 is 0 Å². The van der Waals surface area contributed by atoms with E-state index in [-0.39, 0.29) is 59.5 Å². The van der Waals surface area contributed by atoms with Gasteiger partial charge in [0.15, 0.2) is 23.3 Å². The second-order valence-corrected chi connectivity index (χ2v) is 7.49. The number of halogens is 10. The third-order valence-corrected chi connectivity index (χ3v) is 4.93. The van der Waals surface area contributed by atoms with E-state index < -0.39 is 72.0 Å². The normalized spacial score (nSPS) is 21.7. The van der Waals surface area contributed by atoms with E-state index in [2.05, 4.69) is 0 Å². The van der Waals surface area contributed by atoms with Gasteiger partial charge in [0.25, 0.3) is 0 Å². The maximum Gasteiger partial charge on any atom is 0.315 e. The topological polar surface area (TPSA) is 55.4 Å². The van der Waals surface area contributed by atoms with Crippen molar-refractivity contribution in [1.82, 2.24) is 0 Å². The molecule has 0 spiro atoms. The minimum Gasteiger partial charge on any atom is -0.377 e. The van der Waals surface area contributed by atoms with Gasteiger partial charge in [-0.1, -0.05) is 0 Å². The van der Waals surface area contributed by atoms with Crippen LogP contribution in [0.2, 0.25) is 0 Å². The van der Waals surface area contributed by atoms with Crippen LogP contribution in [0.3, 0.4) is 0 Å². The van der Waals surface area contributed by atoms with Crippen LogP contribution in [0.4, 0.5) is 43.9 Å². The first kappa shape index (κ1) is 31.5. The van der Waals surface area contributed by atoms with Gasteiger partial charge in [-0.05, 0) is 0 Å². The Morgan fingerprint density at radius 2 is 0.892 bits per heavy atom. The average Bonchev–Trinajstić information content (AvgIpc) is 2.85. The second kappa shape index (κ2) is 14.4. The first-order valence-electron chi connectivity index (χ1n) is 10.9. The Morgan fingerprint density at radius 1 is 0.541 bits per heavy atom. The maximum absolute atomic E-state index is 14.8. The standard InChI is InChI=1S/C21H24F10O6/c22-14-13(15(23)17(25)18(26)16(14)24)21(30,31)19(27)20(28,29)12-11-36-8-7-34-4-3-32-1-2-33-5-6-35-9-10-37-12/h12,19H,1-11H2. The molecule has 0 saturated carbocycles. The van der Waals surface area contributed by atoms with Gasteiger partial charge in [-0.25, -0.2) is 35.1 Å². The molecule has 1 saturated heterocycles. The number of hydrogen-bond donors (Lipinski definition) is 0. The Hall–Kier alpha value is -1.72. The smallest absolute Gasteiger partial charge is 0.315 e. The van der Waals surface area contributed by atoms with Gasteiger partial charge in [-0.3, -0.25) is 0 Å². The van der Waals surface area contributed by atoms with Crippen molar-refractivity contribution >= 4 is 0 Å². The van der Waals surface area contributed by atoms with Gasteiger partial charge in [0.2, 0.25) is 12.0 Å². The van der Waals surface area contributed by atoms with E-state index in [9.17, 15) is 43.9 Å². The van der Waals surface area contributed by atoms with Crippen LogP contribution in [0, 0.1) is 29.1 Å². The van der Waals surface area contributed by atoms with Gasteiger partial charge in [0.1, 0.15) is 11.7 Å². The van der Waals surface area contributed by atoms with Gasteiger partial charge in [-0.2, -0.15) is 8.78 Å². The fourth-order valence-corrected chi connectivity index (χ4v) is 3.02. The SMILES string of the molecule is Fc1c(F)c(F)c(C(F)(F)C(F)C(F)(F)C2COCCOCCOCCOCCOCCO2)c(F)c1F. The Bertz CT molecular complexity index is 813. The minimum atomic E-state index is -5.88. The zero-order valence-corrected chi connectivity index (χ0v) is 19.2. The van der Waals surface area contributed by atoms with Crippen LogP contribution in [-0.2, 0) is 34.3 Å². The number of ether oxygens (including phenoxy) is 6. The molecule has 0 aromatic heterocycles. The van der Waals surface area contributed by atoms with E-state index in [0.29, 0.717) is 0 Å². The average molecular weight is 562 g/mol. The molecule has 0 bridgehead atoms. The van der Waals surface area contributed by atoms with Gasteiger partial charge in [-0.15, -0.1) is 0 Å². The van der Waals surface area contributed by atoms with Crippen LogP contribution in [-0.4, -0.2) is 90.9 Å². The van der Waals surface area contributed by atoms with E-state index in [1.807, 2.05) is 0 Å². The first-order valence-corrected chi connectivity index (χ1v) is 10.9. The summed E-state index contributed by atoms with van der Waals surface area (Å²) < 4.78 is 171. The van der Waals surface area contributed by atoms with Crippen molar-refractivity contribution < 1.29 is 72.3 Å². The first-order chi connectivity index (χ1) is 17.4. The van der Waals surface area contributed by atoms with Crippen molar-refractivity contribution in [3.63, 3.8) is 0 Å². The molecular weight excluding hydrogens is 538 g/mol. The molecule has 0 amide bonds. The molecule has 1 fully saturated rings. The molecule has 6 nitrogen and oxygen atoms in total. The Balaban J connectivity index is 2.22. The fraction of sp³-hybridized carbons (Fsp3) is 0.714.